The van der Waals surface area contributed by atoms with Crippen LogP contribution in [0.3, 0.4) is 0 Å². The second-order valence-corrected chi connectivity index (χ2v) is 5.17. The number of hydrogen-bond acceptors (Lipinski definition) is 4. The van der Waals surface area contributed by atoms with Crippen LogP contribution in [-0.2, 0) is 17.8 Å². The fourth-order valence-corrected chi connectivity index (χ4v) is 2.33. The molecule has 102 valence electrons. The van der Waals surface area contributed by atoms with Crippen LogP contribution in [0.4, 0.5) is 0 Å². The van der Waals surface area contributed by atoms with Gasteiger partial charge >= 0.3 is 0 Å². The number of methoxy groups -OCH3 is 1. The summed E-state index contributed by atoms with van der Waals surface area (Å²) >= 11 is 0. The lowest BCUT2D eigenvalue weighted by Crippen LogP contribution is -2.36. The van der Waals surface area contributed by atoms with E-state index in [4.69, 9.17) is 14.9 Å². The van der Waals surface area contributed by atoms with E-state index < -0.39 is 0 Å². The lowest BCUT2D eigenvalue weighted by Gasteiger charge is -2.28. The molecule has 0 bridgehead atoms. The molecule has 1 atom stereocenters. The van der Waals surface area contributed by atoms with Gasteiger partial charge in [0.15, 0.2) is 0 Å². The van der Waals surface area contributed by atoms with Crippen LogP contribution in [0.1, 0.15) is 31.1 Å². The van der Waals surface area contributed by atoms with Gasteiger partial charge in [0, 0.05) is 31.8 Å². The molecule has 4 nitrogen and oxygen atoms in total. The van der Waals surface area contributed by atoms with Crippen LogP contribution in [0.5, 0.6) is 0 Å². The lowest BCUT2D eigenvalue weighted by atomic mass is 10.1. The maximum atomic E-state index is 5.60. The average Bonchev–Trinajstić information content (AvgIpc) is 3.14. The molecule has 1 heterocycles. The van der Waals surface area contributed by atoms with Gasteiger partial charge in [-0.1, -0.05) is 0 Å². The summed E-state index contributed by atoms with van der Waals surface area (Å²) in [7, 11) is 1.75. The number of nitrogens with two attached hydrogens (primary N) is 1. The second kappa shape index (κ2) is 6.36. The summed E-state index contributed by atoms with van der Waals surface area (Å²) < 4.78 is 10.7. The van der Waals surface area contributed by atoms with E-state index in [9.17, 15) is 0 Å². The molecule has 1 saturated carbocycles. The molecular weight excluding hydrogens is 228 g/mol. The topological polar surface area (TPSA) is 51.6 Å². The van der Waals surface area contributed by atoms with Crippen molar-refractivity contribution in [2.45, 2.75) is 38.9 Å². The zero-order valence-corrected chi connectivity index (χ0v) is 11.4. The minimum absolute atomic E-state index is 0.541. The summed E-state index contributed by atoms with van der Waals surface area (Å²) in [6, 6.07) is 2.66. The number of furan rings is 1. The molecule has 1 aromatic heterocycles. The molecule has 0 spiro atoms. The minimum Gasteiger partial charge on any atom is -0.468 e. The van der Waals surface area contributed by atoms with Gasteiger partial charge in [0.25, 0.3) is 0 Å². The first kappa shape index (κ1) is 13.6. The fraction of sp³-hybridized carbons (Fsp3) is 0.714. The third kappa shape index (κ3) is 3.57. The van der Waals surface area contributed by atoms with Crippen LogP contribution in [-0.4, -0.2) is 31.2 Å². The van der Waals surface area contributed by atoms with Gasteiger partial charge in [-0.2, -0.15) is 0 Å². The number of hydrogen-bond donors (Lipinski definition) is 1. The van der Waals surface area contributed by atoms with Crippen LogP contribution >= 0.6 is 0 Å². The van der Waals surface area contributed by atoms with Crippen molar-refractivity contribution in [2.24, 2.45) is 11.7 Å². The van der Waals surface area contributed by atoms with Gasteiger partial charge in [0.05, 0.1) is 19.4 Å². The largest absolute Gasteiger partial charge is 0.468 e. The smallest absolute Gasteiger partial charge is 0.118 e. The van der Waals surface area contributed by atoms with E-state index in [-0.39, 0.29) is 0 Å². The quantitative estimate of drug-likeness (QED) is 0.768. The van der Waals surface area contributed by atoms with E-state index in [1.807, 2.05) is 0 Å². The molecule has 0 aromatic carbocycles. The van der Waals surface area contributed by atoms with Crippen LogP contribution in [0, 0.1) is 5.92 Å². The Morgan fingerprint density at radius 2 is 2.33 bits per heavy atom. The summed E-state index contributed by atoms with van der Waals surface area (Å²) in [6.07, 6.45) is 4.47. The first-order valence-corrected chi connectivity index (χ1v) is 6.74. The molecule has 2 N–H and O–H groups in total. The molecule has 1 aromatic rings. The Kier molecular flexibility index (Phi) is 4.80. The van der Waals surface area contributed by atoms with E-state index in [1.165, 1.54) is 12.8 Å². The van der Waals surface area contributed by atoms with Crippen molar-refractivity contribution >= 4 is 0 Å². The predicted molar refractivity (Wildman–Crippen MR) is 71.1 cm³/mol. The molecule has 4 heteroatoms. The van der Waals surface area contributed by atoms with Crippen molar-refractivity contribution in [1.82, 2.24) is 4.90 Å². The summed E-state index contributed by atoms with van der Waals surface area (Å²) in [6.45, 7) is 5.41. The highest BCUT2D eigenvalue weighted by Crippen LogP contribution is 2.35. The highest BCUT2D eigenvalue weighted by atomic mass is 16.5. The number of nitrogens with zero attached hydrogens (tertiary/aromatic N) is 1. The lowest BCUT2D eigenvalue weighted by molar-refractivity contribution is 0.106. The van der Waals surface area contributed by atoms with E-state index >= 15 is 0 Å². The summed E-state index contributed by atoms with van der Waals surface area (Å²) in [5.41, 5.74) is 6.66. The standard InChI is InChI=1S/C14H24N2O2/c1-11(13-3-4-13)16(5-6-17-2)9-14-7-12(8-15)10-18-14/h7,10-11,13H,3-6,8-9,15H2,1-2H3. The monoisotopic (exact) mass is 252 g/mol. The Morgan fingerprint density at radius 1 is 1.56 bits per heavy atom. The first-order valence-electron chi connectivity index (χ1n) is 6.74. The third-order valence-electron chi connectivity index (χ3n) is 3.77. The van der Waals surface area contributed by atoms with Gasteiger partial charge in [0.1, 0.15) is 5.76 Å². The van der Waals surface area contributed by atoms with E-state index in [1.54, 1.807) is 13.4 Å². The van der Waals surface area contributed by atoms with Gasteiger partial charge < -0.3 is 14.9 Å². The Morgan fingerprint density at radius 3 is 2.89 bits per heavy atom. The normalized spacial score (nSPS) is 17.3. The van der Waals surface area contributed by atoms with E-state index in [0.717, 1.165) is 36.9 Å². The molecule has 2 rings (SSSR count). The molecule has 18 heavy (non-hydrogen) atoms. The van der Waals surface area contributed by atoms with Crippen molar-refractivity contribution in [3.05, 3.63) is 23.7 Å². The highest BCUT2D eigenvalue weighted by molar-refractivity contribution is 5.12. The molecule has 0 aliphatic heterocycles. The first-order chi connectivity index (χ1) is 8.74. The van der Waals surface area contributed by atoms with E-state index in [0.29, 0.717) is 12.6 Å². The fourth-order valence-electron chi connectivity index (χ4n) is 2.33. The second-order valence-electron chi connectivity index (χ2n) is 5.17. The molecule has 1 fully saturated rings. The zero-order valence-electron chi connectivity index (χ0n) is 11.4. The van der Waals surface area contributed by atoms with Gasteiger partial charge in [-0.05, 0) is 31.7 Å². The minimum atomic E-state index is 0.541. The SMILES string of the molecule is COCCN(Cc1cc(CN)co1)C(C)C1CC1. The van der Waals surface area contributed by atoms with Gasteiger partial charge in [-0.3, -0.25) is 4.90 Å². The highest BCUT2D eigenvalue weighted by Gasteiger charge is 2.32. The van der Waals surface area contributed by atoms with Crippen molar-refractivity contribution < 1.29 is 9.15 Å². The van der Waals surface area contributed by atoms with Crippen LogP contribution in [0.25, 0.3) is 0 Å². The van der Waals surface area contributed by atoms with Gasteiger partial charge in [0.2, 0.25) is 0 Å². The Bertz CT molecular complexity index is 360. The summed E-state index contributed by atoms with van der Waals surface area (Å²) in [4.78, 5) is 2.44. The van der Waals surface area contributed by atoms with Crippen molar-refractivity contribution in [2.75, 3.05) is 20.3 Å². The molecule has 1 aliphatic rings. The molecule has 0 amide bonds. The van der Waals surface area contributed by atoms with Gasteiger partial charge in [-0.15, -0.1) is 0 Å². The Balaban J connectivity index is 1.94. The van der Waals surface area contributed by atoms with Crippen LogP contribution < -0.4 is 5.73 Å². The Hall–Kier alpha value is -0.840. The van der Waals surface area contributed by atoms with Gasteiger partial charge in [-0.25, -0.2) is 0 Å². The van der Waals surface area contributed by atoms with Crippen LogP contribution in [0.2, 0.25) is 0 Å². The maximum absolute atomic E-state index is 5.60. The summed E-state index contributed by atoms with van der Waals surface area (Å²) in [5.74, 6) is 1.85. The van der Waals surface area contributed by atoms with E-state index in [2.05, 4.69) is 17.9 Å². The molecular formula is C14H24N2O2. The molecule has 1 unspecified atom stereocenters. The number of rotatable bonds is 8. The average molecular weight is 252 g/mol. The van der Waals surface area contributed by atoms with Crippen molar-refractivity contribution in [1.29, 1.82) is 0 Å². The number of ether oxygens (including phenoxy) is 1. The maximum Gasteiger partial charge on any atom is 0.118 e. The van der Waals surface area contributed by atoms with Crippen molar-refractivity contribution in [3.63, 3.8) is 0 Å². The summed E-state index contributed by atoms with van der Waals surface area (Å²) in [5, 5.41) is 0. The molecule has 0 radical (unpaired) electrons. The van der Waals surface area contributed by atoms with Crippen molar-refractivity contribution in [3.8, 4) is 0 Å². The van der Waals surface area contributed by atoms with Crippen LogP contribution in [0.15, 0.2) is 16.7 Å². The molecule has 0 saturated heterocycles. The zero-order chi connectivity index (χ0) is 13.0. The Labute approximate surface area is 109 Å². The third-order valence-corrected chi connectivity index (χ3v) is 3.77. The molecule has 1 aliphatic carbocycles. The predicted octanol–water partition coefficient (Wildman–Crippen LogP) is 1.99.